The number of ether oxygens (including phenoxy) is 2. The lowest BCUT2D eigenvalue weighted by molar-refractivity contribution is -0.126. The molecule has 3 aromatic carbocycles. The summed E-state index contributed by atoms with van der Waals surface area (Å²) in [6.45, 7) is 1.80. The van der Waals surface area contributed by atoms with Gasteiger partial charge in [0.25, 0.3) is 5.91 Å². The second kappa shape index (κ2) is 9.55. The fourth-order valence-electron chi connectivity index (χ4n) is 2.85. The lowest BCUT2D eigenvalue weighted by Gasteiger charge is -2.22. The van der Waals surface area contributed by atoms with E-state index in [1.54, 1.807) is 26.1 Å². The second-order valence-corrected chi connectivity index (χ2v) is 6.54. The number of hydrogen-bond acceptors (Lipinski definition) is 4. The Bertz CT molecular complexity index is 957. The molecule has 0 heterocycles. The summed E-state index contributed by atoms with van der Waals surface area (Å²) in [7, 11) is 1.66. The molecular formula is C24H23NO4. The molecule has 0 aromatic heterocycles. The van der Waals surface area contributed by atoms with Crippen LogP contribution in [0, 0.1) is 0 Å². The number of rotatable bonds is 7. The predicted octanol–water partition coefficient (Wildman–Crippen LogP) is 4.47. The van der Waals surface area contributed by atoms with Crippen molar-refractivity contribution >= 4 is 17.6 Å². The van der Waals surface area contributed by atoms with E-state index in [9.17, 15) is 9.59 Å². The van der Waals surface area contributed by atoms with Gasteiger partial charge in [0, 0.05) is 18.3 Å². The standard InChI is InChI=1S/C24H23NO4/c1-18(23(26)25(2)20-12-5-3-6-13-20)29-24(27)22-16-10-9-11-19(22)17-28-21-14-7-4-8-15-21/h3-16,18H,17H2,1-2H3/t18-/m0/s1. The molecule has 29 heavy (non-hydrogen) atoms. The van der Waals surface area contributed by atoms with E-state index >= 15 is 0 Å². The zero-order valence-electron chi connectivity index (χ0n) is 16.4. The number of carbonyl (C=O) groups excluding carboxylic acids is 2. The molecule has 3 rings (SSSR count). The van der Waals surface area contributed by atoms with Gasteiger partial charge in [-0.2, -0.15) is 0 Å². The zero-order chi connectivity index (χ0) is 20.6. The topological polar surface area (TPSA) is 55.8 Å². The van der Waals surface area contributed by atoms with Gasteiger partial charge in [-0.05, 0) is 37.3 Å². The highest BCUT2D eigenvalue weighted by molar-refractivity contribution is 5.99. The second-order valence-electron chi connectivity index (χ2n) is 6.54. The Labute approximate surface area is 170 Å². The summed E-state index contributed by atoms with van der Waals surface area (Å²) in [5, 5.41) is 0. The number of carbonyl (C=O) groups is 2. The SMILES string of the molecule is C[C@H](OC(=O)c1ccccc1COc1ccccc1)C(=O)N(C)c1ccccc1. The average Bonchev–Trinajstić information content (AvgIpc) is 2.78. The number of likely N-dealkylation sites (N-methyl/N-ethyl adjacent to an activating group) is 1. The van der Waals surface area contributed by atoms with E-state index in [1.165, 1.54) is 4.90 Å². The van der Waals surface area contributed by atoms with Crippen LogP contribution in [-0.4, -0.2) is 25.0 Å². The van der Waals surface area contributed by atoms with Gasteiger partial charge in [0.1, 0.15) is 12.4 Å². The van der Waals surface area contributed by atoms with E-state index < -0.39 is 12.1 Å². The summed E-state index contributed by atoms with van der Waals surface area (Å²) in [6, 6.07) is 25.6. The molecule has 0 saturated heterocycles. The van der Waals surface area contributed by atoms with Gasteiger partial charge in [-0.3, -0.25) is 4.79 Å². The van der Waals surface area contributed by atoms with Crippen LogP contribution in [0.3, 0.4) is 0 Å². The summed E-state index contributed by atoms with van der Waals surface area (Å²) in [5.74, 6) is -0.147. The monoisotopic (exact) mass is 389 g/mol. The molecule has 3 aromatic rings. The first kappa shape index (κ1) is 20.1. The van der Waals surface area contributed by atoms with Crippen LogP contribution in [0.5, 0.6) is 5.75 Å². The lowest BCUT2D eigenvalue weighted by atomic mass is 10.1. The number of esters is 1. The summed E-state index contributed by atoms with van der Waals surface area (Å²) in [6.07, 6.45) is -0.921. The molecule has 0 fully saturated rings. The first-order valence-corrected chi connectivity index (χ1v) is 9.35. The Morgan fingerprint density at radius 3 is 2.14 bits per heavy atom. The quantitative estimate of drug-likeness (QED) is 0.559. The maximum absolute atomic E-state index is 12.7. The maximum Gasteiger partial charge on any atom is 0.339 e. The van der Waals surface area contributed by atoms with Gasteiger partial charge in [-0.25, -0.2) is 4.79 Å². The highest BCUT2D eigenvalue weighted by atomic mass is 16.5. The van der Waals surface area contributed by atoms with Crippen molar-refractivity contribution in [1.82, 2.24) is 0 Å². The molecule has 0 aliphatic rings. The minimum atomic E-state index is -0.921. The van der Waals surface area contributed by atoms with Crippen molar-refractivity contribution in [3.63, 3.8) is 0 Å². The van der Waals surface area contributed by atoms with E-state index in [2.05, 4.69) is 0 Å². The lowest BCUT2D eigenvalue weighted by Crippen LogP contribution is -2.37. The van der Waals surface area contributed by atoms with Crippen LogP contribution in [0.4, 0.5) is 5.69 Å². The maximum atomic E-state index is 12.7. The van der Waals surface area contributed by atoms with Gasteiger partial charge in [0.15, 0.2) is 6.10 Å². The highest BCUT2D eigenvalue weighted by Gasteiger charge is 2.24. The van der Waals surface area contributed by atoms with Crippen LogP contribution in [-0.2, 0) is 16.1 Å². The van der Waals surface area contributed by atoms with Crippen molar-refractivity contribution in [1.29, 1.82) is 0 Å². The van der Waals surface area contributed by atoms with E-state index in [1.807, 2.05) is 72.8 Å². The number of amides is 1. The minimum absolute atomic E-state index is 0.224. The third-order valence-corrected chi connectivity index (χ3v) is 4.48. The van der Waals surface area contributed by atoms with Gasteiger partial charge < -0.3 is 14.4 Å². The molecule has 0 aliphatic heterocycles. The van der Waals surface area contributed by atoms with Gasteiger partial charge in [0.05, 0.1) is 5.56 Å². The molecule has 0 N–H and O–H groups in total. The van der Waals surface area contributed by atoms with E-state index in [0.717, 1.165) is 5.69 Å². The van der Waals surface area contributed by atoms with Crippen LogP contribution in [0.2, 0.25) is 0 Å². The van der Waals surface area contributed by atoms with Crippen molar-refractivity contribution in [3.05, 3.63) is 96.1 Å². The number of benzene rings is 3. The Hall–Kier alpha value is -3.60. The Balaban J connectivity index is 1.66. The van der Waals surface area contributed by atoms with Crippen LogP contribution < -0.4 is 9.64 Å². The first-order valence-electron chi connectivity index (χ1n) is 9.35. The molecule has 0 radical (unpaired) electrons. The van der Waals surface area contributed by atoms with Crippen molar-refractivity contribution in [3.8, 4) is 5.75 Å². The van der Waals surface area contributed by atoms with Crippen LogP contribution in [0.25, 0.3) is 0 Å². The van der Waals surface area contributed by atoms with E-state index in [0.29, 0.717) is 16.9 Å². The van der Waals surface area contributed by atoms with Gasteiger partial charge in [-0.1, -0.05) is 54.6 Å². The van der Waals surface area contributed by atoms with Gasteiger partial charge in [0.2, 0.25) is 0 Å². The molecular weight excluding hydrogens is 366 g/mol. The summed E-state index contributed by atoms with van der Waals surface area (Å²) < 4.78 is 11.2. The van der Waals surface area contributed by atoms with Crippen molar-refractivity contribution in [2.75, 3.05) is 11.9 Å². The summed E-state index contributed by atoms with van der Waals surface area (Å²) in [5.41, 5.74) is 1.81. The normalized spacial score (nSPS) is 11.4. The Morgan fingerprint density at radius 1 is 0.862 bits per heavy atom. The van der Waals surface area contributed by atoms with Crippen LogP contribution in [0.1, 0.15) is 22.8 Å². The van der Waals surface area contributed by atoms with Gasteiger partial charge in [-0.15, -0.1) is 0 Å². The third kappa shape index (κ3) is 5.23. The van der Waals surface area contributed by atoms with Crippen molar-refractivity contribution in [2.45, 2.75) is 19.6 Å². The molecule has 0 unspecified atom stereocenters. The molecule has 0 bridgehead atoms. The average molecular weight is 389 g/mol. The van der Waals surface area contributed by atoms with Crippen molar-refractivity contribution in [2.24, 2.45) is 0 Å². The molecule has 1 atom stereocenters. The molecule has 148 valence electrons. The number of nitrogens with zero attached hydrogens (tertiary/aromatic N) is 1. The molecule has 1 amide bonds. The molecule has 0 saturated carbocycles. The fraction of sp³-hybridized carbons (Fsp3) is 0.167. The van der Waals surface area contributed by atoms with Gasteiger partial charge >= 0.3 is 5.97 Å². The molecule has 0 spiro atoms. The number of hydrogen-bond donors (Lipinski definition) is 0. The molecule has 5 nitrogen and oxygen atoms in total. The number of para-hydroxylation sites is 2. The smallest absolute Gasteiger partial charge is 0.339 e. The third-order valence-electron chi connectivity index (χ3n) is 4.48. The van der Waals surface area contributed by atoms with Crippen LogP contribution >= 0.6 is 0 Å². The largest absolute Gasteiger partial charge is 0.489 e. The van der Waals surface area contributed by atoms with Crippen LogP contribution in [0.15, 0.2) is 84.9 Å². The molecule has 5 heteroatoms. The highest BCUT2D eigenvalue weighted by Crippen LogP contribution is 2.18. The fourth-order valence-corrected chi connectivity index (χ4v) is 2.85. The summed E-state index contributed by atoms with van der Waals surface area (Å²) >= 11 is 0. The minimum Gasteiger partial charge on any atom is -0.489 e. The first-order chi connectivity index (χ1) is 14.1. The predicted molar refractivity (Wildman–Crippen MR) is 112 cm³/mol. The Morgan fingerprint density at radius 2 is 1.45 bits per heavy atom. The number of anilines is 1. The summed E-state index contributed by atoms with van der Waals surface area (Å²) in [4.78, 5) is 26.8. The van der Waals surface area contributed by atoms with E-state index in [4.69, 9.17) is 9.47 Å². The Kier molecular flexibility index (Phi) is 6.63. The molecule has 0 aliphatic carbocycles. The zero-order valence-corrected chi connectivity index (χ0v) is 16.4. The van der Waals surface area contributed by atoms with Crippen molar-refractivity contribution < 1.29 is 19.1 Å². The van der Waals surface area contributed by atoms with E-state index in [-0.39, 0.29) is 12.5 Å².